The number of carbonyl (C=O) groups is 8. The number of rotatable bonds is 47. The molecule has 0 aliphatic carbocycles. The quantitative estimate of drug-likeness (QED) is 0.0174. The molecule has 0 aliphatic heterocycles. The van der Waals surface area contributed by atoms with Gasteiger partial charge in [0.05, 0.1) is 45.6 Å². The lowest BCUT2D eigenvalue weighted by Gasteiger charge is -2.27. The molecule has 0 aliphatic rings. The second-order valence-corrected chi connectivity index (χ2v) is 27.0. The third-order valence-corrected chi connectivity index (χ3v) is 17.9. The van der Waals surface area contributed by atoms with Crippen molar-refractivity contribution in [2.45, 2.75) is 130 Å². The van der Waals surface area contributed by atoms with Crippen molar-refractivity contribution in [3.63, 3.8) is 0 Å². The minimum Gasteiger partial charge on any atom is -0.354 e. The van der Waals surface area contributed by atoms with Gasteiger partial charge in [0.15, 0.2) is 0 Å². The van der Waals surface area contributed by atoms with Crippen molar-refractivity contribution in [2.75, 3.05) is 91.6 Å². The average molecular weight is 1470 g/mol. The summed E-state index contributed by atoms with van der Waals surface area (Å²) in [6, 6.07) is 31.4. The number of nitrogens with one attached hydrogen (secondary N) is 8. The normalized spacial score (nSPS) is 11.1. The van der Waals surface area contributed by atoms with Crippen molar-refractivity contribution in [2.24, 2.45) is 0 Å². The van der Waals surface area contributed by atoms with Crippen molar-refractivity contribution in [3.05, 3.63) is 191 Å². The van der Waals surface area contributed by atoms with E-state index in [0.29, 0.717) is 90.1 Å². The zero-order chi connectivity index (χ0) is 76.5. The molecule has 0 fully saturated rings. The zero-order valence-corrected chi connectivity index (χ0v) is 62.8. The highest BCUT2D eigenvalue weighted by Crippen LogP contribution is 2.22. The van der Waals surface area contributed by atoms with Crippen LogP contribution in [0.15, 0.2) is 147 Å². The van der Waals surface area contributed by atoms with Gasteiger partial charge in [0, 0.05) is 193 Å². The number of pyridine rings is 8. The monoisotopic (exact) mass is 1470 g/mol. The van der Waals surface area contributed by atoms with E-state index in [-0.39, 0.29) is 151 Å². The van der Waals surface area contributed by atoms with Gasteiger partial charge in [-0.2, -0.15) is 0 Å². The van der Waals surface area contributed by atoms with Crippen LogP contribution in [0.4, 0.5) is 0 Å². The van der Waals surface area contributed by atoms with Crippen molar-refractivity contribution in [1.82, 2.24) is 92.2 Å². The number of carbonyl (C=O) groups excluding carboxylic acids is 8. The molecule has 0 aromatic carbocycles. The maximum atomic E-state index is 13.4. The molecule has 108 heavy (non-hydrogen) atoms. The van der Waals surface area contributed by atoms with Gasteiger partial charge >= 0.3 is 0 Å². The van der Waals surface area contributed by atoms with E-state index in [1.165, 1.54) is 0 Å². The van der Waals surface area contributed by atoms with Gasteiger partial charge in [-0.05, 0) is 221 Å². The summed E-state index contributed by atoms with van der Waals surface area (Å²) < 4.78 is 0. The van der Waals surface area contributed by atoms with E-state index >= 15 is 0 Å². The molecule has 0 saturated heterocycles. The van der Waals surface area contributed by atoms with Crippen LogP contribution >= 0.6 is 0 Å². The number of hydrogen-bond acceptors (Lipinski definition) is 18. The lowest BCUT2D eigenvalue weighted by molar-refractivity contribution is -0.124. The van der Waals surface area contributed by atoms with Gasteiger partial charge in [0.25, 0.3) is 0 Å². The van der Waals surface area contributed by atoms with E-state index in [1.54, 1.807) is 49.6 Å². The second kappa shape index (κ2) is 46.1. The average Bonchev–Trinajstić information content (AvgIpc) is 0.872. The Balaban J connectivity index is 0.804. The third kappa shape index (κ3) is 31.9. The second-order valence-electron chi connectivity index (χ2n) is 27.0. The molecular formula is C82H104N18O8. The van der Waals surface area contributed by atoms with E-state index in [1.807, 2.05) is 135 Å². The summed E-state index contributed by atoms with van der Waals surface area (Å²) in [5.41, 5.74) is 14.8. The zero-order valence-electron chi connectivity index (χ0n) is 62.8. The fourth-order valence-electron chi connectivity index (χ4n) is 11.9. The maximum Gasteiger partial charge on any atom is 0.221 e. The maximum absolute atomic E-state index is 13.4. The smallest absolute Gasteiger partial charge is 0.221 e. The molecule has 0 spiro atoms. The first-order chi connectivity index (χ1) is 52.4. The van der Waals surface area contributed by atoms with Crippen LogP contribution in [0, 0.1) is 27.7 Å². The summed E-state index contributed by atoms with van der Waals surface area (Å²) in [7, 11) is 0. The van der Waals surface area contributed by atoms with Gasteiger partial charge in [0.2, 0.25) is 47.3 Å². The summed E-state index contributed by atoms with van der Waals surface area (Å²) in [4.78, 5) is 145. The molecule has 0 atom stereocenters. The lowest BCUT2D eigenvalue weighted by atomic mass is 10.1. The number of nitrogens with zero attached hydrogens (tertiary/aromatic N) is 10. The number of aryl methyl sites for hydroxylation is 8. The Kier molecular flexibility index (Phi) is 35.2. The summed E-state index contributed by atoms with van der Waals surface area (Å²) >= 11 is 0. The van der Waals surface area contributed by atoms with E-state index in [4.69, 9.17) is 0 Å². The van der Waals surface area contributed by atoms with Crippen LogP contribution in [0.25, 0.3) is 45.6 Å². The Bertz CT molecular complexity index is 3710. The third-order valence-electron chi connectivity index (χ3n) is 17.9. The molecule has 0 unspecified atom stereocenters. The summed E-state index contributed by atoms with van der Waals surface area (Å²) in [6.45, 7) is 11.6. The molecular weight excluding hydrogens is 1370 g/mol. The van der Waals surface area contributed by atoms with Gasteiger partial charge in [-0.1, -0.05) is 0 Å². The fraction of sp³-hybridized carbons (Fsp3) is 0.415. The van der Waals surface area contributed by atoms with Crippen LogP contribution < -0.4 is 42.5 Å². The minimum atomic E-state index is -0.250. The summed E-state index contributed by atoms with van der Waals surface area (Å²) in [6.07, 6.45) is 20.7. The number of amides is 8. The van der Waals surface area contributed by atoms with Crippen LogP contribution in [0.3, 0.4) is 0 Å². The molecule has 26 nitrogen and oxygen atoms in total. The van der Waals surface area contributed by atoms with Crippen molar-refractivity contribution in [1.29, 1.82) is 0 Å². The highest BCUT2D eigenvalue weighted by atomic mass is 16.2. The predicted molar refractivity (Wildman–Crippen MR) is 416 cm³/mol. The first-order valence-corrected chi connectivity index (χ1v) is 37.6. The molecule has 0 saturated carbocycles. The van der Waals surface area contributed by atoms with E-state index in [2.05, 4.69) is 82.4 Å². The Hall–Kier alpha value is -11.1. The SMILES string of the molecule is Cc1ccnc(-c2cc(CCCC(=O)NCCNC(=O)CCN(CCC(=O)NCCNC(=O)CCCc3ccnc(-c4cc(C)ccn4)c3)CCN(CCC(=O)NCCNC(=O)CCCc3ccnc(-c4cc(C)ccn4)c3)CCC(=O)NCCNC(=O)CCCc3ccnc(-c4cc(C)ccn4)c3)ccn2)c1. The summed E-state index contributed by atoms with van der Waals surface area (Å²) in [5, 5.41) is 23.2. The van der Waals surface area contributed by atoms with Gasteiger partial charge in [0.1, 0.15) is 0 Å². The number of aromatic nitrogens is 8. The van der Waals surface area contributed by atoms with Crippen molar-refractivity contribution in [3.8, 4) is 45.6 Å². The standard InChI is InChI=1S/C82H104N18O8/c1-59-17-29-83-67(51-59)71-55-63(21-33-87-71)9-5-13-75(101)91-37-41-95-79(105)25-45-99(46-26-80(106)96-42-38-92-76(102)14-6-10-64-22-34-88-72(56-64)68-52-60(2)18-30-84-68)49-50-100(47-27-81(107)97-43-39-93-77(103)15-7-11-65-23-35-89-73(57-65)69-53-61(3)19-31-85-69)48-28-82(108)98-44-40-94-78(104)16-8-12-66-24-36-90-74(58-66)70-54-62(4)20-32-86-70/h17-24,29-36,51-58H,5-16,25-28,37-50H2,1-4H3,(H,91,101)(H,92,102)(H,93,103)(H,94,104)(H,95,105)(H,96,106)(H,97,107)(H,98,108). The first-order valence-electron chi connectivity index (χ1n) is 37.6. The van der Waals surface area contributed by atoms with Gasteiger partial charge in [-0.15, -0.1) is 0 Å². The van der Waals surface area contributed by atoms with Crippen LogP contribution in [-0.4, -0.2) is 189 Å². The molecule has 8 rings (SSSR count). The molecule has 0 bridgehead atoms. The highest BCUT2D eigenvalue weighted by molar-refractivity contribution is 5.80. The minimum absolute atomic E-state index is 0.0771. The molecule has 8 N–H and O–H groups in total. The molecule has 8 heterocycles. The van der Waals surface area contributed by atoms with Crippen LogP contribution in [0.1, 0.15) is 122 Å². The van der Waals surface area contributed by atoms with Crippen molar-refractivity contribution >= 4 is 47.3 Å². The van der Waals surface area contributed by atoms with E-state index in [0.717, 1.165) is 90.1 Å². The summed E-state index contributed by atoms with van der Waals surface area (Å²) in [5.74, 6) is -1.53. The molecule has 8 aromatic heterocycles. The first kappa shape index (κ1) is 82.5. The number of hydrogen-bond donors (Lipinski definition) is 8. The molecule has 8 aromatic rings. The van der Waals surface area contributed by atoms with E-state index in [9.17, 15) is 38.4 Å². The van der Waals surface area contributed by atoms with E-state index < -0.39 is 0 Å². The molecule has 570 valence electrons. The van der Waals surface area contributed by atoms with Crippen LogP contribution in [0.2, 0.25) is 0 Å². The molecule has 0 radical (unpaired) electrons. The molecule has 8 amide bonds. The van der Waals surface area contributed by atoms with Crippen LogP contribution in [0.5, 0.6) is 0 Å². The van der Waals surface area contributed by atoms with Crippen LogP contribution in [-0.2, 0) is 64.0 Å². The predicted octanol–water partition coefficient (Wildman–Crippen LogP) is 7.23. The largest absolute Gasteiger partial charge is 0.354 e. The molecule has 26 heteroatoms. The highest BCUT2D eigenvalue weighted by Gasteiger charge is 2.18. The lowest BCUT2D eigenvalue weighted by Crippen LogP contribution is -2.42. The Morgan fingerprint density at radius 2 is 0.417 bits per heavy atom. The Morgan fingerprint density at radius 1 is 0.241 bits per heavy atom. The van der Waals surface area contributed by atoms with Crippen molar-refractivity contribution < 1.29 is 38.4 Å². The van der Waals surface area contributed by atoms with Gasteiger partial charge in [-0.3, -0.25) is 78.2 Å². The Morgan fingerprint density at radius 3 is 0.611 bits per heavy atom. The van der Waals surface area contributed by atoms with Gasteiger partial charge < -0.3 is 52.3 Å². The Labute approximate surface area is 633 Å². The topological polar surface area (TPSA) is 342 Å². The van der Waals surface area contributed by atoms with Gasteiger partial charge in [-0.25, -0.2) is 0 Å². The fourth-order valence-corrected chi connectivity index (χ4v) is 11.9.